The second-order valence-corrected chi connectivity index (χ2v) is 4.33. The Morgan fingerprint density at radius 1 is 0.947 bits per heavy atom. The number of aromatic hydroxyl groups is 1. The van der Waals surface area contributed by atoms with E-state index in [1.807, 2.05) is 32.0 Å². The molecule has 2 rings (SSSR count). The van der Waals surface area contributed by atoms with Crippen LogP contribution < -0.4 is 0 Å². The predicted octanol–water partition coefficient (Wildman–Crippen LogP) is 4.24. The zero-order valence-electron chi connectivity index (χ0n) is 10.8. The number of hydrogen-bond acceptors (Lipinski definition) is 4. The third-order valence-corrected chi connectivity index (χ3v) is 2.91. The van der Waals surface area contributed by atoms with Crippen LogP contribution in [0.1, 0.15) is 21.5 Å². The number of carbonyl (C=O) groups excluding carboxylic acids is 1. The molecule has 0 unspecified atom stereocenters. The highest BCUT2D eigenvalue weighted by molar-refractivity contribution is 5.80. The van der Waals surface area contributed by atoms with Crippen LogP contribution >= 0.6 is 0 Å². The molecule has 0 bridgehead atoms. The van der Waals surface area contributed by atoms with Crippen LogP contribution in [0.5, 0.6) is 5.75 Å². The van der Waals surface area contributed by atoms with Crippen molar-refractivity contribution in [2.75, 3.05) is 0 Å². The summed E-state index contributed by atoms with van der Waals surface area (Å²) in [6.45, 7) is 4.05. The molecular formula is C15H14N2O2. The van der Waals surface area contributed by atoms with Gasteiger partial charge in [0, 0.05) is 0 Å². The van der Waals surface area contributed by atoms with E-state index in [2.05, 4.69) is 10.2 Å². The summed E-state index contributed by atoms with van der Waals surface area (Å²) in [4.78, 5) is 10.7. The second-order valence-electron chi connectivity index (χ2n) is 4.33. The summed E-state index contributed by atoms with van der Waals surface area (Å²) in [6.07, 6.45) is 0.588. The number of nitrogens with zero attached hydrogens (tertiary/aromatic N) is 2. The van der Waals surface area contributed by atoms with Crippen molar-refractivity contribution in [3.05, 3.63) is 53.1 Å². The maximum atomic E-state index is 10.7. The summed E-state index contributed by atoms with van der Waals surface area (Å²) < 4.78 is 0. The second kappa shape index (κ2) is 5.44. The average molecular weight is 254 g/mol. The minimum Gasteiger partial charge on any atom is -0.507 e. The number of benzene rings is 2. The molecule has 0 aliphatic heterocycles. The van der Waals surface area contributed by atoms with Gasteiger partial charge in [-0.1, -0.05) is 6.07 Å². The zero-order chi connectivity index (χ0) is 13.8. The molecule has 19 heavy (non-hydrogen) atoms. The number of hydrogen-bond donors (Lipinski definition) is 1. The van der Waals surface area contributed by atoms with Crippen LogP contribution in [0.4, 0.5) is 11.4 Å². The predicted molar refractivity (Wildman–Crippen MR) is 73.6 cm³/mol. The van der Waals surface area contributed by atoms with Gasteiger partial charge in [0.15, 0.2) is 6.29 Å². The first kappa shape index (κ1) is 13.0. The first-order valence-electron chi connectivity index (χ1n) is 5.87. The number of aldehydes is 1. The van der Waals surface area contributed by atoms with Crippen molar-refractivity contribution < 1.29 is 9.90 Å². The minimum atomic E-state index is -0.0554. The van der Waals surface area contributed by atoms with Gasteiger partial charge >= 0.3 is 0 Å². The molecule has 2 aromatic rings. The quantitative estimate of drug-likeness (QED) is 0.657. The molecule has 0 aliphatic carbocycles. The molecule has 0 fully saturated rings. The van der Waals surface area contributed by atoms with Gasteiger partial charge < -0.3 is 5.11 Å². The monoisotopic (exact) mass is 254 g/mol. The van der Waals surface area contributed by atoms with Crippen LogP contribution in [-0.4, -0.2) is 11.4 Å². The van der Waals surface area contributed by atoms with E-state index in [1.54, 1.807) is 6.07 Å². The van der Waals surface area contributed by atoms with Crippen LogP contribution in [0.2, 0.25) is 0 Å². The Kier molecular flexibility index (Phi) is 3.71. The summed E-state index contributed by atoms with van der Waals surface area (Å²) in [6, 6.07) is 10.3. The summed E-state index contributed by atoms with van der Waals surface area (Å²) >= 11 is 0. The molecular weight excluding hydrogens is 240 g/mol. The first-order valence-corrected chi connectivity index (χ1v) is 5.87. The molecule has 4 heteroatoms. The summed E-state index contributed by atoms with van der Waals surface area (Å²) in [7, 11) is 0. The maximum absolute atomic E-state index is 10.7. The molecule has 0 aliphatic rings. The number of azo groups is 1. The standard InChI is InChI=1S/C15H14N2O2/c1-10-3-4-13(7-11(10)2)16-17-14-5-6-15(19)12(8-14)9-18/h3-9,19H,1-2H3. The highest BCUT2D eigenvalue weighted by Crippen LogP contribution is 2.24. The molecule has 0 spiro atoms. The average Bonchev–Trinajstić information content (AvgIpc) is 2.41. The van der Waals surface area contributed by atoms with Crippen LogP contribution in [0.15, 0.2) is 46.6 Å². The van der Waals surface area contributed by atoms with Gasteiger partial charge in [0.1, 0.15) is 5.75 Å². The van der Waals surface area contributed by atoms with Crippen molar-refractivity contribution in [1.82, 2.24) is 0 Å². The van der Waals surface area contributed by atoms with E-state index in [4.69, 9.17) is 0 Å². The number of rotatable bonds is 3. The lowest BCUT2D eigenvalue weighted by Crippen LogP contribution is -1.80. The Bertz CT molecular complexity index is 649. The van der Waals surface area contributed by atoms with Crippen LogP contribution in [0.3, 0.4) is 0 Å². The molecule has 0 saturated heterocycles. The first-order chi connectivity index (χ1) is 9.10. The summed E-state index contributed by atoms with van der Waals surface area (Å²) in [5, 5.41) is 17.5. The van der Waals surface area contributed by atoms with Crippen molar-refractivity contribution in [1.29, 1.82) is 0 Å². The lowest BCUT2D eigenvalue weighted by Gasteiger charge is -2.00. The Morgan fingerprint density at radius 3 is 2.21 bits per heavy atom. The Labute approximate surface area is 111 Å². The van der Waals surface area contributed by atoms with E-state index in [1.165, 1.54) is 17.7 Å². The number of phenolic OH excluding ortho intramolecular Hbond substituents is 1. The third kappa shape index (κ3) is 3.04. The van der Waals surface area contributed by atoms with Crippen molar-refractivity contribution in [3.63, 3.8) is 0 Å². The van der Waals surface area contributed by atoms with E-state index < -0.39 is 0 Å². The normalized spacial score (nSPS) is 10.8. The van der Waals surface area contributed by atoms with Gasteiger partial charge in [-0.3, -0.25) is 4.79 Å². The van der Waals surface area contributed by atoms with E-state index >= 15 is 0 Å². The lowest BCUT2D eigenvalue weighted by atomic mass is 10.1. The van der Waals surface area contributed by atoms with Gasteiger partial charge in [-0.15, -0.1) is 0 Å². The van der Waals surface area contributed by atoms with E-state index in [-0.39, 0.29) is 11.3 Å². The van der Waals surface area contributed by atoms with E-state index in [9.17, 15) is 9.90 Å². The molecule has 0 saturated carbocycles. The van der Waals surface area contributed by atoms with Gasteiger partial charge in [-0.05, 0) is 55.3 Å². The minimum absolute atomic E-state index is 0.0554. The Morgan fingerprint density at radius 2 is 1.58 bits per heavy atom. The maximum Gasteiger partial charge on any atom is 0.153 e. The topological polar surface area (TPSA) is 62.0 Å². The van der Waals surface area contributed by atoms with Gasteiger partial charge in [0.25, 0.3) is 0 Å². The molecule has 0 aromatic heterocycles. The molecule has 96 valence electrons. The molecule has 4 nitrogen and oxygen atoms in total. The molecule has 2 aromatic carbocycles. The fourth-order valence-corrected chi connectivity index (χ4v) is 1.60. The largest absolute Gasteiger partial charge is 0.507 e. The van der Waals surface area contributed by atoms with E-state index in [0.717, 1.165) is 11.3 Å². The number of phenols is 1. The van der Waals surface area contributed by atoms with Crippen LogP contribution in [0.25, 0.3) is 0 Å². The molecule has 0 radical (unpaired) electrons. The van der Waals surface area contributed by atoms with Crippen molar-refractivity contribution >= 4 is 17.7 Å². The summed E-state index contributed by atoms with van der Waals surface area (Å²) in [5.41, 5.74) is 3.83. The van der Waals surface area contributed by atoms with Crippen LogP contribution in [-0.2, 0) is 0 Å². The molecule has 0 heterocycles. The summed E-state index contributed by atoms with van der Waals surface area (Å²) in [5.74, 6) is -0.0554. The molecule has 1 N–H and O–H groups in total. The SMILES string of the molecule is Cc1ccc(N=Nc2ccc(O)c(C=O)c2)cc1C. The van der Waals surface area contributed by atoms with Gasteiger partial charge in [-0.2, -0.15) is 10.2 Å². The highest BCUT2D eigenvalue weighted by Gasteiger charge is 2.01. The van der Waals surface area contributed by atoms with Crippen LogP contribution in [0, 0.1) is 13.8 Å². The fraction of sp³-hybridized carbons (Fsp3) is 0.133. The Balaban J connectivity index is 2.27. The number of carbonyl (C=O) groups is 1. The zero-order valence-corrected chi connectivity index (χ0v) is 10.8. The van der Waals surface area contributed by atoms with Crippen molar-refractivity contribution in [3.8, 4) is 5.75 Å². The van der Waals surface area contributed by atoms with Crippen molar-refractivity contribution in [2.45, 2.75) is 13.8 Å². The van der Waals surface area contributed by atoms with E-state index in [0.29, 0.717) is 12.0 Å². The lowest BCUT2D eigenvalue weighted by molar-refractivity contribution is 0.112. The highest BCUT2D eigenvalue weighted by atomic mass is 16.3. The Hall–Kier alpha value is -2.49. The fourth-order valence-electron chi connectivity index (χ4n) is 1.60. The van der Waals surface area contributed by atoms with Gasteiger partial charge in [0.2, 0.25) is 0 Å². The molecule has 0 atom stereocenters. The van der Waals surface area contributed by atoms with Gasteiger partial charge in [0.05, 0.1) is 16.9 Å². The third-order valence-electron chi connectivity index (χ3n) is 2.91. The van der Waals surface area contributed by atoms with Crippen molar-refractivity contribution in [2.24, 2.45) is 10.2 Å². The van der Waals surface area contributed by atoms with Gasteiger partial charge in [-0.25, -0.2) is 0 Å². The molecule has 0 amide bonds. The number of aryl methyl sites for hydroxylation is 2. The smallest absolute Gasteiger partial charge is 0.153 e.